The molecule has 5 nitrogen and oxygen atoms in total. The molecule has 2 fully saturated rings. The predicted octanol–water partition coefficient (Wildman–Crippen LogP) is 1.57. The molecular formula is C15H26N2O3. The predicted molar refractivity (Wildman–Crippen MR) is 76.4 cm³/mol. The minimum absolute atomic E-state index is 0.202. The lowest BCUT2D eigenvalue weighted by Gasteiger charge is -2.37. The summed E-state index contributed by atoms with van der Waals surface area (Å²) in [6.07, 6.45) is 5.63. The van der Waals surface area contributed by atoms with Crippen molar-refractivity contribution in [2.75, 3.05) is 26.2 Å². The minimum atomic E-state index is -0.729. The molecule has 0 radical (unpaired) electrons. The average molecular weight is 282 g/mol. The monoisotopic (exact) mass is 282 g/mol. The minimum Gasteiger partial charge on any atom is -0.481 e. The van der Waals surface area contributed by atoms with Crippen molar-refractivity contribution in [2.24, 2.45) is 5.92 Å². The Balaban J connectivity index is 1.82. The largest absolute Gasteiger partial charge is 0.481 e. The summed E-state index contributed by atoms with van der Waals surface area (Å²) in [5.41, 5.74) is 0. The fourth-order valence-electron chi connectivity index (χ4n) is 3.46. The van der Waals surface area contributed by atoms with Gasteiger partial charge in [0, 0.05) is 25.6 Å². The van der Waals surface area contributed by atoms with E-state index in [1.807, 2.05) is 4.90 Å². The number of carbonyl (C=O) groups is 2. The second-order valence-electron chi connectivity index (χ2n) is 6.27. The normalized spacial score (nSPS) is 28.4. The third-order valence-corrected chi connectivity index (χ3v) is 4.55. The van der Waals surface area contributed by atoms with Crippen LogP contribution in [0.1, 0.15) is 45.4 Å². The number of nitrogens with zero attached hydrogens (tertiary/aromatic N) is 2. The lowest BCUT2D eigenvalue weighted by molar-refractivity contribution is -0.138. The Morgan fingerprint density at radius 2 is 1.95 bits per heavy atom. The van der Waals surface area contributed by atoms with E-state index in [1.54, 1.807) is 0 Å². The number of hydrogen-bond donors (Lipinski definition) is 1. The molecule has 2 rings (SSSR count). The maximum atomic E-state index is 12.4. The number of amides is 1. The maximum absolute atomic E-state index is 12.4. The van der Waals surface area contributed by atoms with Gasteiger partial charge in [-0.05, 0) is 51.5 Å². The van der Waals surface area contributed by atoms with Gasteiger partial charge in [0.15, 0.2) is 0 Å². The van der Waals surface area contributed by atoms with E-state index in [-0.39, 0.29) is 18.2 Å². The molecule has 0 aromatic rings. The summed E-state index contributed by atoms with van der Waals surface area (Å²) < 4.78 is 0. The van der Waals surface area contributed by atoms with Gasteiger partial charge in [0.05, 0.1) is 6.54 Å². The Bertz CT molecular complexity index is 359. The van der Waals surface area contributed by atoms with Gasteiger partial charge in [0.25, 0.3) is 0 Å². The molecule has 1 amide bonds. The van der Waals surface area contributed by atoms with Gasteiger partial charge in [-0.2, -0.15) is 0 Å². The molecule has 2 saturated heterocycles. The standard InChI is InChI=1S/C15H26N2O3/c1-12-5-2-3-8-17(12)14(18)11-16-7-4-6-13(10-16)9-15(19)20/h12-13H,2-11H2,1H3,(H,19,20). The quantitative estimate of drug-likeness (QED) is 0.850. The van der Waals surface area contributed by atoms with Crippen LogP contribution in [0, 0.1) is 5.92 Å². The van der Waals surface area contributed by atoms with Crippen molar-refractivity contribution in [1.29, 1.82) is 0 Å². The number of carboxylic acid groups (broad SMARTS) is 1. The Kier molecular flexibility index (Phi) is 5.40. The first-order valence-corrected chi connectivity index (χ1v) is 7.80. The molecule has 2 aliphatic heterocycles. The van der Waals surface area contributed by atoms with Gasteiger partial charge in [-0.25, -0.2) is 0 Å². The summed E-state index contributed by atoms with van der Waals surface area (Å²) in [4.78, 5) is 27.3. The Morgan fingerprint density at radius 3 is 2.65 bits per heavy atom. The van der Waals surface area contributed by atoms with E-state index in [2.05, 4.69) is 11.8 Å². The number of likely N-dealkylation sites (tertiary alicyclic amines) is 2. The molecule has 0 spiro atoms. The van der Waals surface area contributed by atoms with E-state index in [1.165, 1.54) is 6.42 Å². The highest BCUT2D eigenvalue weighted by molar-refractivity contribution is 5.78. The first kappa shape index (κ1) is 15.3. The molecule has 0 aromatic heterocycles. The van der Waals surface area contributed by atoms with Crippen LogP contribution in [-0.2, 0) is 9.59 Å². The van der Waals surface area contributed by atoms with E-state index in [4.69, 9.17) is 5.11 Å². The first-order chi connectivity index (χ1) is 9.56. The highest BCUT2D eigenvalue weighted by Crippen LogP contribution is 2.21. The number of carboxylic acids is 1. The van der Waals surface area contributed by atoms with E-state index in [0.29, 0.717) is 12.6 Å². The third-order valence-electron chi connectivity index (χ3n) is 4.55. The van der Waals surface area contributed by atoms with Crippen LogP contribution < -0.4 is 0 Å². The van der Waals surface area contributed by atoms with Crippen LogP contribution in [0.25, 0.3) is 0 Å². The van der Waals surface area contributed by atoms with Gasteiger partial charge in [-0.1, -0.05) is 0 Å². The Morgan fingerprint density at radius 1 is 1.15 bits per heavy atom. The van der Waals surface area contributed by atoms with Gasteiger partial charge in [0.2, 0.25) is 5.91 Å². The molecule has 2 unspecified atom stereocenters. The van der Waals surface area contributed by atoms with E-state index >= 15 is 0 Å². The van der Waals surface area contributed by atoms with Gasteiger partial charge in [-0.3, -0.25) is 14.5 Å². The fraction of sp³-hybridized carbons (Fsp3) is 0.867. The molecule has 0 saturated carbocycles. The number of carbonyl (C=O) groups excluding carboxylic acids is 1. The summed E-state index contributed by atoms with van der Waals surface area (Å²) in [7, 11) is 0. The zero-order valence-electron chi connectivity index (χ0n) is 12.4. The third kappa shape index (κ3) is 4.20. The molecule has 1 N–H and O–H groups in total. The van der Waals surface area contributed by atoms with Crippen molar-refractivity contribution in [1.82, 2.24) is 9.80 Å². The molecular weight excluding hydrogens is 256 g/mol. The molecule has 2 heterocycles. The summed E-state index contributed by atoms with van der Waals surface area (Å²) in [6.45, 7) is 5.14. The Hall–Kier alpha value is -1.10. The molecule has 0 bridgehead atoms. The van der Waals surface area contributed by atoms with Crippen LogP contribution in [0.4, 0.5) is 0 Å². The highest BCUT2D eigenvalue weighted by Gasteiger charge is 2.27. The molecule has 20 heavy (non-hydrogen) atoms. The molecule has 2 aliphatic rings. The summed E-state index contributed by atoms with van der Waals surface area (Å²) in [6, 6.07) is 0.357. The van der Waals surface area contributed by atoms with Crippen LogP contribution in [-0.4, -0.2) is 59.0 Å². The zero-order chi connectivity index (χ0) is 14.5. The average Bonchev–Trinajstić information content (AvgIpc) is 2.38. The second kappa shape index (κ2) is 7.07. The first-order valence-electron chi connectivity index (χ1n) is 7.80. The van der Waals surface area contributed by atoms with Gasteiger partial charge < -0.3 is 10.0 Å². The summed E-state index contributed by atoms with van der Waals surface area (Å²) in [5, 5.41) is 8.88. The van der Waals surface area contributed by atoms with Crippen LogP contribution >= 0.6 is 0 Å². The van der Waals surface area contributed by atoms with Gasteiger partial charge in [0.1, 0.15) is 0 Å². The van der Waals surface area contributed by atoms with Crippen LogP contribution in [0.15, 0.2) is 0 Å². The number of hydrogen-bond acceptors (Lipinski definition) is 3. The topological polar surface area (TPSA) is 60.9 Å². The SMILES string of the molecule is CC1CCCCN1C(=O)CN1CCCC(CC(=O)O)C1. The van der Waals surface area contributed by atoms with E-state index in [0.717, 1.165) is 45.3 Å². The zero-order valence-corrected chi connectivity index (χ0v) is 12.4. The Labute approximate surface area is 120 Å². The van der Waals surface area contributed by atoms with Crippen molar-refractivity contribution in [3.05, 3.63) is 0 Å². The van der Waals surface area contributed by atoms with Crippen molar-refractivity contribution in [3.63, 3.8) is 0 Å². The molecule has 0 aliphatic carbocycles. The highest BCUT2D eigenvalue weighted by atomic mass is 16.4. The van der Waals surface area contributed by atoms with Crippen molar-refractivity contribution in [3.8, 4) is 0 Å². The number of piperidine rings is 2. The molecule has 5 heteroatoms. The van der Waals surface area contributed by atoms with Crippen molar-refractivity contribution in [2.45, 2.75) is 51.5 Å². The maximum Gasteiger partial charge on any atom is 0.303 e. The fourth-order valence-corrected chi connectivity index (χ4v) is 3.46. The summed E-state index contributed by atoms with van der Waals surface area (Å²) in [5.74, 6) is -0.311. The second-order valence-corrected chi connectivity index (χ2v) is 6.27. The lowest BCUT2D eigenvalue weighted by atomic mass is 9.95. The van der Waals surface area contributed by atoms with E-state index < -0.39 is 5.97 Å². The molecule has 114 valence electrons. The van der Waals surface area contributed by atoms with Crippen LogP contribution in [0.3, 0.4) is 0 Å². The number of rotatable bonds is 4. The number of aliphatic carboxylic acids is 1. The van der Waals surface area contributed by atoms with Crippen molar-refractivity contribution >= 4 is 11.9 Å². The molecule has 2 atom stereocenters. The van der Waals surface area contributed by atoms with Gasteiger partial charge in [-0.15, -0.1) is 0 Å². The summed E-state index contributed by atoms with van der Waals surface area (Å²) >= 11 is 0. The lowest BCUT2D eigenvalue weighted by Crippen LogP contribution is -2.48. The van der Waals surface area contributed by atoms with Crippen LogP contribution in [0.2, 0.25) is 0 Å². The van der Waals surface area contributed by atoms with Crippen LogP contribution in [0.5, 0.6) is 0 Å². The van der Waals surface area contributed by atoms with Crippen molar-refractivity contribution < 1.29 is 14.7 Å². The van der Waals surface area contributed by atoms with E-state index in [9.17, 15) is 9.59 Å². The smallest absolute Gasteiger partial charge is 0.303 e. The van der Waals surface area contributed by atoms with Gasteiger partial charge >= 0.3 is 5.97 Å². The molecule has 0 aromatic carbocycles.